The Bertz CT molecular complexity index is 882. The van der Waals surface area contributed by atoms with E-state index in [2.05, 4.69) is 46.9 Å². The Labute approximate surface area is 140 Å². The van der Waals surface area contributed by atoms with Crippen molar-refractivity contribution in [3.8, 4) is 11.3 Å². The molecule has 1 aromatic carbocycles. The van der Waals surface area contributed by atoms with Crippen LogP contribution in [0.1, 0.15) is 11.3 Å². The molecule has 1 aliphatic heterocycles. The van der Waals surface area contributed by atoms with Crippen molar-refractivity contribution in [2.45, 2.75) is 13.0 Å². The van der Waals surface area contributed by atoms with E-state index in [4.69, 9.17) is 16.6 Å². The fourth-order valence-electron chi connectivity index (χ4n) is 3.20. The predicted octanol–water partition coefficient (Wildman–Crippen LogP) is 3.68. The Morgan fingerprint density at radius 1 is 1.26 bits per heavy atom. The van der Waals surface area contributed by atoms with Gasteiger partial charge >= 0.3 is 0 Å². The summed E-state index contributed by atoms with van der Waals surface area (Å²) in [5, 5.41) is 4.13. The minimum atomic E-state index is 0.722. The van der Waals surface area contributed by atoms with E-state index in [1.165, 1.54) is 22.5 Å². The van der Waals surface area contributed by atoms with Crippen LogP contribution in [-0.4, -0.2) is 34.9 Å². The second-order valence-corrected chi connectivity index (χ2v) is 6.71. The first-order valence-electron chi connectivity index (χ1n) is 7.80. The van der Waals surface area contributed by atoms with Gasteiger partial charge in [0.25, 0.3) is 0 Å². The minimum absolute atomic E-state index is 0.722. The molecule has 5 heteroatoms. The van der Waals surface area contributed by atoms with E-state index in [1.807, 2.05) is 18.3 Å². The first kappa shape index (κ1) is 14.5. The maximum atomic E-state index is 6.19. The summed E-state index contributed by atoms with van der Waals surface area (Å²) >= 11 is 6.19. The molecule has 0 fully saturated rings. The maximum absolute atomic E-state index is 6.19. The number of nitrogens with one attached hydrogen (secondary N) is 1. The van der Waals surface area contributed by atoms with Crippen LogP contribution in [0.2, 0.25) is 5.02 Å². The number of hydrogen-bond acceptors (Lipinski definition) is 3. The predicted molar refractivity (Wildman–Crippen MR) is 95.2 cm³/mol. The van der Waals surface area contributed by atoms with Crippen LogP contribution in [0, 0.1) is 0 Å². The molecule has 0 radical (unpaired) electrons. The van der Waals surface area contributed by atoms with Gasteiger partial charge in [-0.1, -0.05) is 17.7 Å². The Morgan fingerprint density at radius 2 is 2.13 bits per heavy atom. The summed E-state index contributed by atoms with van der Waals surface area (Å²) in [5.74, 6) is 0. The molecule has 0 amide bonds. The number of halogens is 1. The summed E-state index contributed by atoms with van der Waals surface area (Å²) in [6, 6.07) is 10.4. The second-order valence-electron chi connectivity index (χ2n) is 6.27. The van der Waals surface area contributed by atoms with E-state index < -0.39 is 0 Å². The average Bonchev–Trinajstić information content (AvgIpc) is 3.11. The van der Waals surface area contributed by atoms with Crippen LogP contribution in [0.5, 0.6) is 0 Å². The van der Waals surface area contributed by atoms with Crippen molar-refractivity contribution in [3.05, 3.63) is 52.8 Å². The van der Waals surface area contributed by atoms with Crippen molar-refractivity contribution in [2.24, 2.45) is 0 Å². The number of hydrogen-bond donors (Lipinski definition) is 1. The van der Waals surface area contributed by atoms with Crippen LogP contribution < -0.4 is 5.32 Å². The van der Waals surface area contributed by atoms with Gasteiger partial charge in [0, 0.05) is 30.5 Å². The highest BCUT2D eigenvalue weighted by atomic mass is 35.5. The Kier molecular flexibility index (Phi) is 3.51. The molecule has 1 aliphatic rings. The molecule has 4 rings (SSSR count). The number of imidazole rings is 1. The van der Waals surface area contributed by atoms with Crippen LogP contribution in [0.4, 0.5) is 5.69 Å². The van der Waals surface area contributed by atoms with E-state index in [-0.39, 0.29) is 0 Å². The number of anilines is 1. The minimum Gasteiger partial charge on any atom is -0.384 e. The quantitative estimate of drug-likeness (QED) is 0.797. The van der Waals surface area contributed by atoms with Crippen molar-refractivity contribution >= 4 is 22.9 Å². The lowest BCUT2D eigenvalue weighted by atomic mass is 10.0. The average molecular weight is 327 g/mol. The summed E-state index contributed by atoms with van der Waals surface area (Å²) in [7, 11) is 4.14. The number of pyridine rings is 1. The van der Waals surface area contributed by atoms with Gasteiger partial charge in [-0.05, 0) is 50.3 Å². The number of nitrogens with zero attached hydrogens (tertiary/aromatic N) is 3. The summed E-state index contributed by atoms with van der Waals surface area (Å²) in [4.78, 5) is 7.02. The van der Waals surface area contributed by atoms with Crippen LogP contribution in [0.25, 0.3) is 16.9 Å². The molecule has 3 heterocycles. The number of benzene rings is 1. The standard InChI is InChI=1S/C18H19ClN4/c1-22(2)11-16-18(21-17-6-4-14(19)10-23(16)17)13-3-5-15-12(9-13)7-8-20-15/h3-6,9-10,20H,7-8,11H2,1-2H3. The van der Waals surface area contributed by atoms with E-state index >= 15 is 0 Å². The van der Waals surface area contributed by atoms with Crippen LogP contribution in [-0.2, 0) is 13.0 Å². The fraction of sp³-hybridized carbons (Fsp3) is 0.278. The molecule has 0 unspecified atom stereocenters. The summed E-state index contributed by atoms with van der Waals surface area (Å²) in [6.45, 7) is 1.83. The molecule has 0 spiro atoms. The molecule has 0 saturated heterocycles. The van der Waals surface area contributed by atoms with Gasteiger partial charge < -0.3 is 14.6 Å². The summed E-state index contributed by atoms with van der Waals surface area (Å²) in [5.41, 5.74) is 6.92. The largest absolute Gasteiger partial charge is 0.384 e. The van der Waals surface area contributed by atoms with Crippen LogP contribution >= 0.6 is 11.6 Å². The lowest BCUT2D eigenvalue weighted by molar-refractivity contribution is 0.396. The molecule has 0 atom stereocenters. The molecule has 118 valence electrons. The SMILES string of the molecule is CN(C)Cc1c(-c2ccc3c(c2)CCN3)nc2ccc(Cl)cn12. The monoisotopic (exact) mass is 326 g/mol. The molecule has 2 aromatic heterocycles. The third-order valence-corrected chi connectivity index (χ3v) is 4.46. The Balaban J connectivity index is 1.91. The molecule has 3 aromatic rings. The molecule has 1 N–H and O–H groups in total. The van der Waals surface area contributed by atoms with Gasteiger partial charge in [-0.3, -0.25) is 0 Å². The van der Waals surface area contributed by atoms with Crippen molar-refractivity contribution in [3.63, 3.8) is 0 Å². The highest BCUT2D eigenvalue weighted by Crippen LogP contribution is 2.31. The topological polar surface area (TPSA) is 32.6 Å². The van der Waals surface area contributed by atoms with E-state index in [9.17, 15) is 0 Å². The van der Waals surface area contributed by atoms with Gasteiger partial charge in [0.15, 0.2) is 0 Å². The van der Waals surface area contributed by atoms with E-state index in [1.54, 1.807) is 0 Å². The molecule has 0 aliphatic carbocycles. The third-order valence-electron chi connectivity index (χ3n) is 4.24. The van der Waals surface area contributed by atoms with Gasteiger partial charge in [-0.2, -0.15) is 0 Å². The zero-order valence-corrected chi connectivity index (χ0v) is 14.1. The molecule has 0 saturated carbocycles. The smallest absolute Gasteiger partial charge is 0.137 e. The van der Waals surface area contributed by atoms with Crippen molar-refractivity contribution in [1.82, 2.24) is 14.3 Å². The van der Waals surface area contributed by atoms with E-state index in [0.717, 1.165) is 35.9 Å². The summed E-state index contributed by atoms with van der Waals surface area (Å²) in [6.07, 6.45) is 3.02. The first-order valence-corrected chi connectivity index (χ1v) is 8.18. The van der Waals surface area contributed by atoms with Gasteiger partial charge in [0.2, 0.25) is 0 Å². The lowest BCUT2D eigenvalue weighted by Gasteiger charge is -2.12. The third kappa shape index (κ3) is 2.58. The lowest BCUT2D eigenvalue weighted by Crippen LogP contribution is -2.13. The molecular weight excluding hydrogens is 308 g/mol. The number of fused-ring (bicyclic) bond motifs is 2. The Hall–Kier alpha value is -2.04. The van der Waals surface area contributed by atoms with Crippen molar-refractivity contribution in [2.75, 3.05) is 26.0 Å². The van der Waals surface area contributed by atoms with E-state index in [0.29, 0.717) is 0 Å². The van der Waals surface area contributed by atoms with Gasteiger partial charge in [0.05, 0.1) is 16.4 Å². The number of aromatic nitrogens is 2. The first-order chi connectivity index (χ1) is 11.1. The van der Waals surface area contributed by atoms with Gasteiger partial charge in [-0.15, -0.1) is 0 Å². The molecule has 23 heavy (non-hydrogen) atoms. The molecule has 0 bridgehead atoms. The summed E-state index contributed by atoms with van der Waals surface area (Å²) < 4.78 is 2.10. The Morgan fingerprint density at radius 3 is 2.96 bits per heavy atom. The highest BCUT2D eigenvalue weighted by Gasteiger charge is 2.17. The van der Waals surface area contributed by atoms with Crippen LogP contribution in [0.15, 0.2) is 36.5 Å². The second kappa shape index (κ2) is 5.55. The molecule has 4 nitrogen and oxygen atoms in total. The molecular formula is C18H19ClN4. The maximum Gasteiger partial charge on any atom is 0.137 e. The normalized spacial score (nSPS) is 13.6. The van der Waals surface area contributed by atoms with Gasteiger partial charge in [0.1, 0.15) is 5.65 Å². The highest BCUT2D eigenvalue weighted by molar-refractivity contribution is 6.30. The van der Waals surface area contributed by atoms with Gasteiger partial charge in [-0.25, -0.2) is 4.98 Å². The van der Waals surface area contributed by atoms with Crippen molar-refractivity contribution in [1.29, 1.82) is 0 Å². The van der Waals surface area contributed by atoms with Crippen LogP contribution in [0.3, 0.4) is 0 Å². The fourth-order valence-corrected chi connectivity index (χ4v) is 3.36. The zero-order valence-electron chi connectivity index (χ0n) is 13.3. The zero-order chi connectivity index (χ0) is 16.0. The van der Waals surface area contributed by atoms with Crippen molar-refractivity contribution < 1.29 is 0 Å². The number of rotatable bonds is 3.